The van der Waals surface area contributed by atoms with Crippen molar-refractivity contribution in [2.45, 2.75) is 26.3 Å². The van der Waals surface area contributed by atoms with Crippen molar-refractivity contribution < 1.29 is 13.6 Å². The smallest absolute Gasteiger partial charge is 0.322 e. The molecule has 0 aliphatic rings. The molecule has 0 fully saturated rings. The second-order valence-corrected chi connectivity index (χ2v) is 5.76. The number of anilines is 2. The molecule has 0 radical (unpaired) electrons. The van der Waals surface area contributed by atoms with Crippen LogP contribution in [0.4, 0.5) is 11.4 Å². The minimum absolute atomic E-state index is 0.405. The second-order valence-electron chi connectivity index (χ2n) is 4.79. The molecule has 5 nitrogen and oxygen atoms in total. The van der Waals surface area contributed by atoms with E-state index in [1.807, 2.05) is 60.7 Å². The van der Waals surface area contributed by atoms with E-state index in [2.05, 4.69) is 10.6 Å². The van der Waals surface area contributed by atoms with Crippen LogP contribution in [0.2, 0.25) is 0 Å². The molecule has 118 valence electrons. The van der Waals surface area contributed by atoms with Gasteiger partial charge in [-0.25, -0.2) is 0 Å². The third-order valence-electron chi connectivity index (χ3n) is 2.83. The van der Waals surface area contributed by atoms with Crippen molar-refractivity contribution in [3.63, 3.8) is 0 Å². The molecule has 2 rings (SSSR count). The van der Waals surface area contributed by atoms with Crippen molar-refractivity contribution in [2.24, 2.45) is 0 Å². The van der Waals surface area contributed by atoms with Gasteiger partial charge in [-0.15, -0.1) is 0 Å². The molecule has 0 heterocycles. The van der Waals surface area contributed by atoms with Gasteiger partial charge in [0.2, 0.25) is 0 Å². The first kappa shape index (κ1) is 16.6. The minimum Gasteiger partial charge on any atom is -0.360 e. The highest BCUT2D eigenvalue weighted by atomic mass is 31.1. The fourth-order valence-electron chi connectivity index (χ4n) is 1.91. The highest BCUT2D eigenvalue weighted by Gasteiger charge is 2.11. The van der Waals surface area contributed by atoms with Gasteiger partial charge in [0.15, 0.2) is 0 Å². The van der Waals surface area contributed by atoms with Crippen molar-refractivity contribution in [3.05, 3.63) is 60.7 Å². The van der Waals surface area contributed by atoms with E-state index in [0.29, 0.717) is 0 Å². The topological polar surface area (TPSA) is 59.6 Å². The Morgan fingerprint density at radius 1 is 0.773 bits per heavy atom. The Balaban J connectivity index is 1.75. The number of para-hydroxylation sites is 2. The van der Waals surface area contributed by atoms with Gasteiger partial charge < -0.3 is 10.6 Å². The third-order valence-corrected chi connectivity index (χ3v) is 3.93. The van der Waals surface area contributed by atoms with E-state index in [4.69, 9.17) is 9.05 Å². The highest BCUT2D eigenvalue weighted by molar-refractivity contribution is 7.33. The number of benzene rings is 2. The summed E-state index contributed by atoms with van der Waals surface area (Å²) in [5.74, 6) is 0. The number of hydrogen-bond acceptors (Lipinski definition) is 5. The van der Waals surface area contributed by atoms with E-state index in [9.17, 15) is 4.57 Å². The average molecular weight is 320 g/mol. The van der Waals surface area contributed by atoms with Gasteiger partial charge in [-0.2, -0.15) is 0 Å². The van der Waals surface area contributed by atoms with Crippen LogP contribution in [-0.2, 0) is 13.6 Å². The summed E-state index contributed by atoms with van der Waals surface area (Å²) in [6, 6.07) is 19.2. The summed E-state index contributed by atoms with van der Waals surface area (Å²) in [6.07, 6.45) is -0.810. The van der Waals surface area contributed by atoms with Gasteiger partial charge in [0, 0.05) is 11.4 Å². The van der Waals surface area contributed by atoms with Crippen LogP contribution in [0.3, 0.4) is 0 Å². The van der Waals surface area contributed by atoms with Crippen LogP contribution in [-0.4, -0.2) is 12.5 Å². The van der Waals surface area contributed by atoms with E-state index in [1.165, 1.54) is 0 Å². The van der Waals surface area contributed by atoms with Crippen molar-refractivity contribution in [3.8, 4) is 0 Å². The highest BCUT2D eigenvalue weighted by Crippen LogP contribution is 2.28. The molecule has 2 aromatic rings. The summed E-state index contributed by atoms with van der Waals surface area (Å²) < 4.78 is 22.6. The lowest BCUT2D eigenvalue weighted by Crippen LogP contribution is -2.19. The van der Waals surface area contributed by atoms with Gasteiger partial charge in [-0.1, -0.05) is 36.4 Å². The molecule has 0 amide bonds. The van der Waals surface area contributed by atoms with E-state index in [-0.39, 0.29) is 0 Å². The maximum atomic E-state index is 11.9. The van der Waals surface area contributed by atoms with Gasteiger partial charge in [-0.05, 0) is 38.1 Å². The molecule has 2 aromatic carbocycles. The van der Waals surface area contributed by atoms with Crippen LogP contribution in [0.15, 0.2) is 60.7 Å². The molecule has 2 atom stereocenters. The summed E-state index contributed by atoms with van der Waals surface area (Å²) in [7, 11) is -2.60. The third kappa shape index (κ3) is 5.90. The van der Waals surface area contributed by atoms with Crippen molar-refractivity contribution in [1.82, 2.24) is 0 Å². The maximum absolute atomic E-state index is 11.9. The molecule has 2 N–H and O–H groups in total. The van der Waals surface area contributed by atoms with Gasteiger partial charge in [0.1, 0.15) is 12.5 Å². The Labute approximate surface area is 131 Å². The molecule has 22 heavy (non-hydrogen) atoms. The molecule has 0 saturated carbocycles. The van der Waals surface area contributed by atoms with Gasteiger partial charge in [0.05, 0.1) is 0 Å². The molecule has 0 saturated heterocycles. The fourth-order valence-corrected chi connectivity index (χ4v) is 2.66. The Hall–Kier alpha value is -1.81. The predicted molar refractivity (Wildman–Crippen MR) is 90.2 cm³/mol. The van der Waals surface area contributed by atoms with E-state index in [1.54, 1.807) is 13.8 Å². The molecule has 2 unspecified atom stereocenters. The standard InChI is InChI=1S/C16H21N2O3P/c1-13(17-15-9-5-3-6-10-15)20-22(19)21-14(2)18-16-11-7-4-8-12-16/h3-14,17-18,22H,1-2H3. The Bertz CT molecular complexity index is 529. The zero-order valence-corrected chi connectivity index (χ0v) is 13.7. The zero-order valence-electron chi connectivity index (χ0n) is 12.7. The lowest BCUT2D eigenvalue weighted by molar-refractivity contribution is 0.168. The predicted octanol–water partition coefficient (Wildman–Crippen LogP) is 4.33. The second kappa shape index (κ2) is 8.59. The fraction of sp³-hybridized carbons (Fsp3) is 0.250. The monoisotopic (exact) mass is 320 g/mol. The number of nitrogens with one attached hydrogen (secondary N) is 2. The number of hydrogen-bond donors (Lipinski definition) is 2. The molecular formula is C16H21N2O3P. The van der Waals surface area contributed by atoms with E-state index in [0.717, 1.165) is 11.4 Å². The molecule has 0 bridgehead atoms. The Kier molecular flexibility index (Phi) is 6.46. The van der Waals surface area contributed by atoms with Crippen LogP contribution in [0.1, 0.15) is 13.8 Å². The summed E-state index contributed by atoms with van der Waals surface area (Å²) in [4.78, 5) is 0. The summed E-state index contributed by atoms with van der Waals surface area (Å²) in [6.45, 7) is 3.57. The normalized spacial score (nSPS) is 14.8. The molecule has 0 aliphatic heterocycles. The average Bonchev–Trinajstić information content (AvgIpc) is 2.48. The summed E-state index contributed by atoms with van der Waals surface area (Å²) >= 11 is 0. The van der Waals surface area contributed by atoms with E-state index < -0.39 is 20.7 Å². The van der Waals surface area contributed by atoms with Crippen LogP contribution in [0.5, 0.6) is 0 Å². The zero-order chi connectivity index (χ0) is 15.8. The van der Waals surface area contributed by atoms with Crippen molar-refractivity contribution in [2.75, 3.05) is 10.6 Å². The van der Waals surface area contributed by atoms with Crippen molar-refractivity contribution in [1.29, 1.82) is 0 Å². The van der Waals surface area contributed by atoms with Gasteiger partial charge >= 0.3 is 8.25 Å². The SMILES string of the molecule is CC(Nc1ccccc1)O[PH](=O)OC(C)Nc1ccccc1. The molecule has 0 spiro atoms. The molecule has 6 heteroatoms. The van der Waals surface area contributed by atoms with Gasteiger partial charge in [-0.3, -0.25) is 13.6 Å². The first-order chi connectivity index (χ1) is 10.6. The maximum Gasteiger partial charge on any atom is 0.322 e. The quantitative estimate of drug-likeness (QED) is 0.560. The number of rotatable bonds is 8. The lowest BCUT2D eigenvalue weighted by Gasteiger charge is -2.19. The molecule has 0 aromatic heterocycles. The molecule has 0 aliphatic carbocycles. The summed E-state index contributed by atoms with van der Waals surface area (Å²) in [5, 5.41) is 6.20. The minimum atomic E-state index is -2.60. The van der Waals surface area contributed by atoms with Crippen LogP contribution in [0, 0.1) is 0 Å². The summed E-state index contributed by atoms with van der Waals surface area (Å²) in [5.41, 5.74) is 1.81. The van der Waals surface area contributed by atoms with Crippen LogP contribution >= 0.6 is 8.25 Å². The first-order valence-corrected chi connectivity index (χ1v) is 8.36. The first-order valence-electron chi connectivity index (χ1n) is 7.14. The van der Waals surface area contributed by atoms with Crippen molar-refractivity contribution >= 4 is 19.6 Å². The van der Waals surface area contributed by atoms with E-state index >= 15 is 0 Å². The Morgan fingerprint density at radius 3 is 1.50 bits per heavy atom. The molecular weight excluding hydrogens is 299 g/mol. The largest absolute Gasteiger partial charge is 0.360 e. The lowest BCUT2D eigenvalue weighted by atomic mass is 10.3. The van der Waals surface area contributed by atoms with Crippen LogP contribution in [0.25, 0.3) is 0 Å². The Morgan fingerprint density at radius 2 is 1.14 bits per heavy atom. The van der Waals surface area contributed by atoms with Gasteiger partial charge in [0.25, 0.3) is 0 Å². The van der Waals surface area contributed by atoms with Crippen LogP contribution < -0.4 is 10.6 Å².